The molecule has 0 atom stereocenters. The largest absolute Gasteiger partial charge is 0.436 e. The van der Waals surface area contributed by atoms with Gasteiger partial charge in [0, 0.05) is 17.8 Å². The summed E-state index contributed by atoms with van der Waals surface area (Å²) in [6, 6.07) is 7.13. The highest BCUT2D eigenvalue weighted by Crippen LogP contribution is 2.29. The summed E-state index contributed by atoms with van der Waals surface area (Å²) >= 11 is 0. The second-order valence-corrected chi connectivity index (χ2v) is 5.13. The Bertz CT molecular complexity index is 641. The molecule has 1 aromatic carbocycles. The van der Waals surface area contributed by atoms with Crippen molar-refractivity contribution >= 4 is 0 Å². The number of pyridine rings is 1. The van der Waals surface area contributed by atoms with Crippen molar-refractivity contribution in [2.24, 2.45) is 0 Å². The average Bonchev–Trinajstić information content (AvgIpc) is 2.43. The molecule has 2 rings (SSSR count). The molecule has 0 aliphatic heterocycles. The molecule has 1 heterocycles. The Kier molecular flexibility index (Phi) is 4.91. The number of nitrogens with zero attached hydrogens (tertiary/aromatic N) is 1. The topological polar surface area (TPSA) is 34.2 Å². The summed E-state index contributed by atoms with van der Waals surface area (Å²) in [5, 5.41) is 3.26. The molecule has 0 unspecified atom stereocenters. The second-order valence-electron chi connectivity index (χ2n) is 5.13. The van der Waals surface area contributed by atoms with E-state index in [0.717, 1.165) is 23.4 Å². The van der Waals surface area contributed by atoms with Crippen LogP contribution < -0.4 is 10.1 Å². The van der Waals surface area contributed by atoms with Gasteiger partial charge < -0.3 is 10.1 Å². The van der Waals surface area contributed by atoms with Crippen LogP contribution in [0.5, 0.6) is 11.6 Å². The molecule has 0 aliphatic carbocycles. The van der Waals surface area contributed by atoms with Gasteiger partial charge in [-0.25, -0.2) is 9.37 Å². The lowest BCUT2D eigenvalue weighted by atomic mass is 10.1. The van der Waals surface area contributed by atoms with Crippen LogP contribution in [0, 0.1) is 26.6 Å². The molecule has 1 aromatic heterocycles. The fourth-order valence-electron chi connectivity index (χ4n) is 2.18. The smallest absolute Gasteiger partial charge is 0.224 e. The van der Waals surface area contributed by atoms with Gasteiger partial charge in [0.2, 0.25) is 5.88 Å². The SMILES string of the molecule is CCNCc1c(C)cc(C)nc1Oc1cccc(C)c1F. The maximum Gasteiger partial charge on any atom is 0.224 e. The van der Waals surface area contributed by atoms with E-state index >= 15 is 0 Å². The van der Waals surface area contributed by atoms with Crippen LogP contribution >= 0.6 is 0 Å². The quantitative estimate of drug-likeness (QED) is 0.901. The molecule has 112 valence electrons. The zero-order valence-electron chi connectivity index (χ0n) is 13.0. The average molecular weight is 288 g/mol. The highest BCUT2D eigenvalue weighted by Gasteiger charge is 2.14. The van der Waals surface area contributed by atoms with Gasteiger partial charge in [-0.1, -0.05) is 19.1 Å². The molecule has 0 bridgehead atoms. The van der Waals surface area contributed by atoms with Crippen LogP contribution in [-0.2, 0) is 6.54 Å². The molecule has 0 spiro atoms. The monoisotopic (exact) mass is 288 g/mol. The third kappa shape index (κ3) is 3.58. The summed E-state index contributed by atoms with van der Waals surface area (Å²) in [5.41, 5.74) is 3.47. The van der Waals surface area contributed by atoms with Gasteiger partial charge in [0.1, 0.15) is 0 Å². The minimum atomic E-state index is -0.340. The Labute approximate surface area is 125 Å². The van der Waals surface area contributed by atoms with Crippen molar-refractivity contribution in [1.29, 1.82) is 0 Å². The van der Waals surface area contributed by atoms with Crippen LogP contribution in [0.25, 0.3) is 0 Å². The molecule has 0 saturated heterocycles. The van der Waals surface area contributed by atoms with Gasteiger partial charge in [-0.3, -0.25) is 0 Å². The molecule has 0 fully saturated rings. The fraction of sp³-hybridized carbons (Fsp3) is 0.353. The van der Waals surface area contributed by atoms with Crippen molar-refractivity contribution in [2.45, 2.75) is 34.2 Å². The highest BCUT2D eigenvalue weighted by molar-refractivity contribution is 5.40. The number of rotatable bonds is 5. The van der Waals surface area contributed by atoms with Gasteiger partial charge in [0.15, 0.2) is 11.6 Å². The van der Waals surface area contributed by atoms with E-state index in [2.05, 4.69) is 10.3 Å². The number of halogens is 1. The van der Waals surface area contributed by atoms with Crippen molar-refractivity contribution in [3.05, 3.63) is 52.5 Å². The van der Waals surface area contributed by atoms with Crippen molar-refractivity contribution in [2.75, 3.05) is 6.54 Å². The summed E-state index contributed by atoms with van der Waals surface area (Å²) < 4.78 is 19.9. The summed E-state index contributed by atoms with van der Waals surface area (Å²) in [6.07, 6.45) is 0. The van der Waals surface area contributed by atoms with E-state index in [0.29, 0.717) is 18.0 Å². The number of aromatic nitrogens is 1. The third-order valence-electron chi connectivity index (χ3n) is 3.35. The van der Waals surface area contributed by atoms with E-state index in [-0.39, 0.29) is 11.6 Å². The van der Waals surface area contributed by atoms with Gasteiger partial charge in [-0.15, -0.1) is 0 Å². The maximum atomic E-state index is 14.1. The molecule has 1 N–H and O–H groups in total. The number of hydrogen-bond donors (Lipinski definition) is 1. The van der Waals surface area contributed by atoms with Crippen LogP contribution in [0.1, 0.15) is 29.3 Å². The van der Waals surface area contributed by atoms with Crippen LogP contribution in [0.4, 0.5) is 4.39 Å². The predicted octanol–water partition coefficient (Wildman–Crippen LogP) is 4.05. The van der Waals surface area contributed by atoms with E-state index < -0.39 is 0 Å². The summed E-state index contributed by atoms with van der Waals surface area (Å²) in [4.78, 5) is 4.42. The van der Waals surface area contributed by atoms with Gasteiger partial charge in [0.25, 0.3) is 0 Å². The lowest BCUT2D eigenvalue weighted by Crippen LogP contribution is -2.14. The maximum absolute atomic E-state index is 14.1. The molecular weight excluding hydrogens is 267 g/mol. The summed E-state index contributed by atoms with van der Waals surface area (Å²) in [7, 11) is 0. The number of benzene rings is 1. The van der Waals surface area contributed by atoms with Crippen molar-refractivity contribution in [1.82, 2.24) is 10.3 Å². The Hall–Kier alpha value is -1.94. The fourth-order valence-corrected chi connectivity index (χ4v) is 2.18. The first-order chi connectivity index (χ1) is 10.0. The lowest BCUT2D eigenvalue weighted by molar-refractivity contribution is 0.417. The normalized spacial score (nSPS) is 10.7. The number of aryl methyl sites for hydroxylation is 3. The van der Waals surface area contributed by atoms with Crippen molar-refractivity contribution in [3.8, 4) is 11.6 Å². The number of ether oxygens (including phenoxy) is 1. The van der Waals surface area contributed by atoms with Crippen LogP contribution in [0.3, 0.4) is 0 Å². The molecule has 0 radical (unpaired) electrons. The Balaban J connectivity index is 2.40. The third-order valence-corrected chi connectivity index (χ3v) is 3.35. The van der Waals surface area contributed by atoms with E-state index in [9.17, 15) is 4.39 Å². The first kappa shape index (κ1) is 15.4. The number of hydrogen-bond acceptors (Lipinski definition) is 3. The molecule has 21 heavy (non-hydrogen) atoms. The lowest BCUT2D eigenvalue weighted by Gasteiger charge is -2.15. The zero-order valence-corrected chi connectivity index (χ0v) is 13.0. The van der Waals surface area contributed by atoms with E-state index in [1.165, 1.54) is 0 Å². The molecule has 0 aliphatic rings. The summed E-state index contributed by atoms with van der Waals surface area (Å²) in [6.45, 7) is 9.18. The van der Waals surface area contributed by atoms with Gasteiger partial charge in [0.05, 0.1) is 0 Å². The Morgan fingerprint density at radius 3 is 2.67 bits per heavy atom. The Morgan fingerprint density at radius 1 is 1.19 bits per heavy atom. The predicted molar refractivity (Wildman–Crippen MR) is 82.3 cm³/mol. The van der Waals surface area contributed by atoms with E-state index in [1.54, 1.807) is 25.1 Å². The van der Waals surface area contributed by atoms with Gasteiger partial charge in [-0.2, -0.15) is 0 Å². The molecule has 3 nitrogen and oxygen atoms in total. The second kappa shape index (κ2) is 6.68. The highest BCUT2D eigenvalue weighted by atomic mass is 19.1. The molecule has 0 amide bonds. The van der Waals surface area contributed by atoms with E-state index in [4.69, 9.17) is 4.74 Å². The van der Waals surface area contributed by atoms with Crippen molar-refractivity contribution in [3.63, 3.8) is 0 Å². The van der Waals surface area contributed by atoms with E-state index in [1.807, 2.05) is 26.8 Å². The molecular formula is C17H21FN2O. The van der Waals surface area contributed by atoms with Crippen LogP contribution in [0.2, 0.25) is 0 Å². The van der Waals surface area contributed by atoms with Crippen molar-refractivity contribution < 1.29 is 9.13 Å². The first-order valence-electron chi connectivity index (χ1n) is 7.13. The molecule has 2 aromatic rings. The van der Waals surface area contributed by atoms with Gasteiger partial charge in [-0.05, 0) is 50.6 Å². The number of nitrogens with one attached hydrogen (secondary N) is 1. The standard InChI is InChI=1S/C17H21FN2O/c1-5-19-10-14-12(3)9-13(4)20-17(14)21-15-8-6-7-11(2)16(15)18/h6-9,19H,5,10H2,1-4H3. The first-order valence-corrected chi connectivity index (χ1v) is 7.13. The van der Waals surface area contributed by atoms with Crippen LogP contribution in [0.15, 0.2) is 24.3 Å². The minimum absolute atomic E-state index is 0.213. The Morgan fingerprint density at radius 2 is 1.95 bits per heavy atom. The zero-order chi connectivity index (χ0) is 15.4. The summed E-state index contributed by atoms with van der Waals surface area (Å²) in [5.74, 6) is 0.344. The molecule has 4 heteroatoms. The van der Waals surface area contributed by atoms with Gasteiger partial charge >= 0.3 is 0 Å². The van der Waals surface area contributed by atoms with Crippen LogP contribution in [-0.4, -0.2) is 11.5 Å². The molecule has 0 saturated carbocycles. The minimum Gasteiger partial charge on any atom is -0.436 e.